The van der Waals surface area contributed by atoms with Gasteiger partial charge in [0.05, 0.1) is 6.54 Å². The summed E-state index contributed by atoms with van der Waals surface area (Å²) < 4.78 is 0. The molecule has 1 heterocycles. The maximum absolute atomic E-state index is 10.6. The van der Waals surface area contributed by atoms with Crippen molar-refractivity contribution in [3.63, 3.8) is 0 Å². The van der Waals surface area contributed by atoms with Gasteiger partial charge in [-0.05, 0) is 14.1 Å². The number of hydrogen-bond acceptors (Lipinski definition) is 8. The molecule has 120 valence electrons. The summed E-state index contributed by atoms with van der Waals surface area (Å²) in [5.41, 5.74) is 0. The van der Waals surface area contributed by atoms with Crippen LogP contribution in [0.3, 0.4) is 0 Å². The molecular formula is C12H21N3O6. The predicted octanol–water partition coefficient (Wildman–Crippen LogP) is -1.92. The van der Waals surface area contributed by atoms with E-state index >= 15 is 0 Å². The van der Waals surface area contributed by atoms with Gasteiger partial charge in [0.1, 0.15) is 0 Å². The maximum atomic E-state index is 10.6. The highest BCUT2D eigenvalue weighted by Crippen LogP contribution is 1.96. The Morgan fingerprint density at radius 3 is 1.43 bits per heavy atom. The first-order valence-electron chi connectivity index (χ1n) is 6.21. The molecule has 0 spiro atoms. The molecular weight excluding hydrogens is 282 g/mol. The fraction of sp³-hybridized carbons (Fsp3) is 0.750. The molecule has 0 saturated carbocycles. The predicted molar refractivity (Wildman–Crippen MR) is 69.1 cm³/mol. The van der Waals surface area contributed by atoms with Crippen molar-refractivity contribution in [1.29, 1.82) is 0 Å². The van der Waals surface area contributed by atoms with E-state index in [1.807, 2.05) is 4.90 Å². The molecule has 0 aromatic carbocycles. The van der Waals surface area contributed by atoms with Gasteiger partial charge in [-0.3, -0.25) is 9.69 Å². The molecule has 1 N–H and O–H groups in total. The molecule has 1 fully saturated rings. The van der Waals surface area contributed by atoms with Crippen molar-refractivity contribution in [1.82, 2.24) is 14.7 Å². The zero-order valence-electron chi connectivity index (χ0n) is 12.3. The van der Waals surface area contributed by atoms with E-state index in [-0.39, 0.29) is 18.8 Å². The average molecular weight is 303 g/mol. The molecule has 0 unspecified atom stereocenters. The average Bonchev–Trinajstić information content (AvgIpc) is 2.46. The minimum absolute atomic E-state index is 0.154. The zero-order valence-corrected chi connectivity index (χ0v) is 12.3. The van der Waals surface area contributed by atoms with Crippen LogP contribution in [0, 0.1) is 0 Å². The largest absolute Gasteiger partial charge is 0.480 e. The first-order chi connectivity index (χ1) is 9.90. The summed E-state index contributed by atoms with van der Waals surface area (Å²) in [4.78, 5) is 49.6. The van der Waals surface area contributed by atoms with E-state index in [4.69, 9.17) is 24.3 Å². The monoisotopic (exact) mass is 303 g/mol. The van der Waals surface area contributed by atoms with Gasteiger partial charge in [0.25, 0.3) is 0 Å². The Labute approximate surface area is 123 Å². The molecule has 1 aliphatic heterocycles. The van der Waals surface area contributed by atoms with Crippen molar-refractivity contribution in [3.05, 3.63) is 0 Å². The Morgan fingerprint density at radius 1 is 0.857 bits per heavy atom. The third-order valence-corrected chi connectivity index (χ3v) is 2.82. The maximum Gasteiger partial charge on any atom is 0.373 e. The number of rotatable bonds is 2. The van der Waals surface area contributed by atoms with Crippen LogP contribution in [0.25, 0.3) is 0 Å². The van der Waals surface area contributed by atoms with Crippen LogP contribution in [0.15, 0.2) is 0 Å². The van der Waals surface area contributed by atoms with Crippen LogP contribution in [0.4, 0.5) is 0 Å². The van der Waals surface area contributed by atoms with E-state index in [9.17, 15) is 4.79 Å². The minimum Gasteiger partial charge on any atom is -0.480 e. The van der Waals surface area contributed by atoms with Gasteiger partial charge in [-0.25, -0.2) is 0 Å². The molecule has 1 rings (SSSR count). The summed E-state index contributed by atoms with van der Waals surface area (Å²) in [6.07, 6.45) is 0.500. The van der Waals surface area contributed by atoms with Gasteiger partial charge in [-0.2, -0.15) is 19.2 Å². The number of nitrogens with zero attached hydrogens (tertiary/aromatic N) is 3. The van der Waals surface area contributed by atoms with Gasteiger partial charge >= 0.3 is 18.3 Å². The number of carboxylic acids is 1. The van der Waals surface area contributed by atoms with Crippen molar-refractivity contribution in [2.45, 2.75) is 0 Å². The number of hydrogen-bond donors (Lipinski definition) is 1. The van der Waals surface area contributed by atoms with Crippen molar-refractivity contribution in [3.8, 4) is 0 Å². The molecule has 0 atom stereocenters. The lowest BCUT2D eigenvalue weighted by Crippen LogP contribution is -2.38. The topological polar surface area (TPSA) is 115 Å². The van der Waals surface area contributed by atoms with Crippen molar-refractivity contribution in [2.24, 2.45) is 0 Å². The molecule has 0 aliphatic carbocycles. The third kappa shape index (κ3) is 16.1. The smallest absolute Gasteiger partial charge is 0.373 e. The molecule has 1 saturated heterocycles. The second-order valence-electron chi connectivity index (χ2n) is 4.44. The van der Waals surface area contributed by atoms with Crippen LogP contribution in [-0.4, -0.2) is 98.0 Å². The van der Waals surface area contributed by atoms with Gasteiger partial charge in [-0.1, -0.05) is 0 Å². The van der Waals surface area contributed by atoms with Crippen LogP contribution in [0.1, 0.15) is 0 Å². The van der Waals surface area contributed by atoms with E-state index in [0.717, 1.165) is 39.3 Å². The first-order valence-corrected chi connectivity index (χ1v) is 6.21. The van der Waals surface area contributed by atoms with E-state index in [1.54, 1.807) is 0 Å². The number of aliphatic carboxylic acids is 1. The highest BCUT2D eigenvalue weighted by molar-refractivity contribution is 5.69. The Balaban J connectivity index is 0. The Morgan fingerprint density at radius 2 is 1.14 bits per heavy atom. The summed E-state index contributed by atoms with van der Waals surface area (Å²) >= 11 is 0. The summed E-state index contributed by atoms with van der Waals surface area (Å²) in [6.45, 7) is 5.84. The van der Waals surface area contributed by atoms with Crippen molar-refractivity contribution in [2.75, 3.05) is 59.9 Å². The quantitative estimate of drug-likeness (QED) is 0.623. The molecule has 21 heavy (non-hydrogen) atoms. The molecule has 1 aliphatic rings. The summed E-state index contributed by atoms with van der Waals surface area (Å²) in [5.74, 6) is -0.737. The normalized spacial score (nSPS) is 17.2. The summed E-state index contributed by atoms with van der Waals surface area (Å²) in [5, 5.41) is 8.76. The fourth-order valence-electron chi connectivity index (χ4n) is 1.65. The van der Waals surface area contributed by atoms with Gasteiger partial charge in [-0.15, -0.1) is 0 Å². The molecule has 0 radical (unpaired) electrons. The highest BCUT2D eigenvalue weighted by Gasteiger charge is 2.14. The lowest BCUT2D eigenvalue weighted by Gasteiger charge is -2.21. The second kappa shape index (κ2) is 14.5. The number of carbonyl (C=O) groups is 1. The summed E-state index contributed by atoms with van der Waals surface area (Å²) in [7, 11) is 4.16. The lowest BCUT2D eigenvalue weighted by molar-refractivity contribution is -0.193. The van der Waals surface area contributed by atoms with Gasteiger partial charge < -0.3 is 14.9 Å². The molecule has 9 heteroatoms. The van der Waals surface area contributed by atoms with Crippen molar-refractivity contribution >= 4 is 18.3 Å². The Kier molecular flexibility index (Phi) is 14.8. The molecule has 0 bridgehead atoms. The SMILES string of the molecule is CN1CCN(C)CCN(CC(=O)O)CC1.O=C=O.O=C=O. The molecule has 9 nitrogen and oxygen atoms in total. The molecule has 0 aromatic rings. The lowest BCUT2D eigenvalue weighted by atomic mass is 10.4. The van der Waals surface area contributed by atoms with E-state index in [2.05, 4.69) is 23.9 Å². The first kappa shape index (κ1) is 21.4. The fourth-order valence-corrected chi connectivity index (χ4v) is 1.65. The third-order valence-electron chi connectivity index (χ3n) is 2.82. The van der Waals surface area contributed by atoms with Crippen molar-refractivity contribution < 1.29 is 29.1 Å². The van der Waals surface area contributed by atoms with Crippen LogP contribution in [0.5, 0.6) is 0 Å². The Hall–Kier alpha value is -1.89. The molecule has 0 aromatic heterocycles. The second-order valence-corrected chi connectivity index (χ2v) is 4.44. The van der Waals surface area contributed by atoms with Crippen LogP contribution < -0.4 is 0 Å². The summed E-state index contributed by atoms with van der Waals surface area (Å²) in [6, 6.07) is 0. The number of likely N-dealkylation sites (N-methyl/N-ethyl adjacent to an activating group) is 2. The standard InChI is InChI=1S/C10H21N3O2.2CO2/c1-11-3-4-12(2)6-8-13(7-5-11)9-10(14)15;2*2-1-3/h3-9H2,1-2H3,(H,14,15);;. The molecule has 0 amide bonds. The van der Waals surface area contributed by atoms with E-state index in [0.29, 0.717) is 0 Å². The van der Waals surface area contributed by atoms with Gasteiger partial charge in [0.15, 0.2) is 0 Å². The van der Waals surface area contributed by atoms with Crippen LogP contribution >= 0.6 is 0 Å². The zero-order chi connectivity index (χ0) is 16.7. The number of carboxylic acid groups (broad SMARTS) is 1. The highest BCUT2D eigenvalue weighted by atomic mass is 16.4. The Bertz CT molecular complexity index is 325. The van der Waals surface area contributed by atoms with Gasteiger partial charge in [0.2, 0.25) is 0 Å². The van der Waals surface area contributed by atoms with Crippen LogP contribution in [0.2, 0.25) is 0 Å². The van der Waals surface area contributed by atoms with Gasteiger partial charge in [0, 0.05) is 39.3 Å². The van der Waals surface area contributed by atoms with E-state index in [1.165, 1.54) is 0 Å². The van der Waals surface area contributed by atoms with E-state index < -0.39 is 5.97 Å². The minimum atomic E-state index is -0.737. The number of carbonyl (C=O) groups excluding carboxylic acids is 4. The van der Waals surface area contributed by atoms with Crippen LogP contribution in [-0.2, 0) is 24.0 Å².